The zero-order valence-electron chi connectivity index (χ0n) is 9.42. The van der Waals surface area contributed by atoms with E-state index in [2.05, 4.69) is 20.8 Å². The molecule has 1 heteroatoms. The second-order valence-electron chi connectivity index (χ2n) is 5.22. The molecule has 0 aromatic heterocycles. The van der Waals surface area contributed by atoms with Crippen LogP contribution >= 0.6 is 0 Å². The molecule has 0 spiro atoms. The van der Waals surface area contributed by atoms with E-state index in [1.807, 2.05) is 0 Å². The molecule has 1 aliphatic rings. The van der Waals surface area contributed by atoms with Crippen molar-refractivity contribution in [3.05, 3.63) is 0 Å². The van der Waals surface area contributed by atoms with Crippen molar-refractivity contribution in [1.29, 1.82) is 0 Å². The smallest absolute Gasteiger partial charge is 0.00721 e. The largest absolute Gasteiger partial charge is 0.327 e. The monoisotopic (exact) mass is 183 g/mol. The Morgan fingerprint density at radius 1 is 1.23 bits per heavy atom. The second kappa shape index (κ2) is 4.99. The number of nitrogens with two attached hydrogens (primary N) is 1. The molecule has 0 aliphatic heterocycles. The molecule has 1 fully saturated rings. The molecule has 1 saturated carbocycles. The van der Waals surface area contributed by atoms with Gasteiger partial charge in [-0.15, -0.1) is 0 Å². The van der Waals surface area contributed by atoms with E-state index in [0.717, 1.165) is 17.8 Å². The van der Waals surface area contributed by atoms with Gasteiger partial charge in [0.1, 0.15) is 0 Å². The van der Waals surface area contributed by atoms with Crippen molar-refractivity contribution >= 4 is 0 Å². The van der Waals surface area contributed by atoms with Crippen molar-refractivity contribution in [3.63, 3.8) is 0 Å². The third kappa shape index (κ3) is 3.30. The summed E-state index contributed by atoms with van der Waals surface area (Å²) in [4.78, 5) is 0. The molecule has 0 saturated heterocycles. The van der Waals surface area contributed by atoms with Gasteiger partial charge in [-0.2, -0.15) is 0 Å². The number of hydrogen-bond acceptors (Lipinski definition) is 1. The highest BCUT2D eigenvalue weighted by atomic mass is 14.7. The Labute approximate surface area is 83.1 Å². The minimum atomic E-state index is 0.454. The molecule has 3 atom stereocenters. The maximum absolute atomic E-state index is 6.24. The zero-order valence-corrected chi connectivity index (χ0v) is 9.42. The van der Waals surface area contributed by atoms with Crippen LogP contribution in [0.2, 0.25) is 0 Å². The van der Waals surface area contributed by atoms with Crippen LogP contribution in [0.1, 0.15) is 52.9 Å². The van der Waals surface area contributed by atoms with Gasteiger partial charge in [-0.1, -0.05) is 40.0 Å². The van der Waals surface area contributed by atoms with Crippen LogP contribution in [-0.4, -0.2) is 6.04 Å². The first-order valence-corrected chi connectivity index (χ1v) is 5.87. The minimum Gasteiger partial charge on any atom is -0.327 e. The van der Waals surface area contributed by atoms with Gasteiger partial charge in [0.15, 0.2) is 0 Å². The van der Waals surface area contributed by atoms with E-state index in [4.69, 9.17) is 5.73 Å². The maximum atomic E-state index is 6.24. The molecule has 2 N–H and O–H groups in total. The fourth-order valence-corrected chi connectivity index (χ4v) is 2.70. The molecule has 0 aromatic carbocycles. The molecule has 0 heterocycles. The lowest BCUT2D eigenvalue weighted by Gasteiger charge is -2.34. The van der Waals surface area contributed by atoms with Crippen LogP contribution in [0.5, 0.6) is 0 Å². The number of rotatable bonds is 3. The lowest BCUT2D eigenvalue weighted by atomic mass is 9.75. The van der Waals surface area contributed by atoms with Gasteiger partial charge in [0.2, 0.25) is 0 Å². The first-order valence-electron chi connectivity index (χ1n) is 5.87. The summed E-state index contributed by atoms with van der Waals surface area (Å²) in [6.07, 6.45) is 6.80. The Morgan fingerprint density at radius 2 is 1.85 bits per heavy atom. The average Bonchev–Trinajstić information content (AvgIpc) is 2.03. The highest BCUT2D eigenvalue weighted by Gasteiger charge is 2.26. The van der Waals surface area contributed by atoms with E-state index >= 15 is 0 Å². The fourth-order valence-electron chi connectivity index (χ4n) is 2.70. The van der Waals surface area contributed by atoms with Crippen LogP contribution in [0.3, 0.4) is 0 Å². The molecule has 1 rings (SSSR count). The van der Waals surface area contributed by atoms with Crippen LogP contribution in [0.25, 0.3) is 0 Å². The Bertz CT molecular complexity index is 142. The normalized spacial score (nSPS) is 32.1. The minimum absolute atomic E-state index is 0.454. The summed E-state index contributed by atoms with van der Waals surface area (Å²) in [5.74, 6) is 2.42. The molecular formula is C12H25N. The molecule has 0 aromatic rings. The Kier molecular flexibility index (Phi) is 4.24. The summed E-state index contributed by atoms with van der Waals surface area (Å²) < 4.78 is 0. The van der Waals surface area contributed by atoms with Crippen molar-refractivity contribution in [2.24, 2.45) is 23.5 Å². The topological polar surface area (TPSA) is 26.0 Å². The van der Waals surface area contributed by atoms with Gasteiger partial charge in [-0.05, 0) is 30.6 Å². The van der Waals surface area contributed by atoms with E-state index in [1.165, 1.54) is 32.1 Å². The molecule has 0 amide bonds. The van der Waals surface area contributed by atoms with E-state index in [-0.39, 0.29) is 0 Å². The van der Waals surface area contributed by atoms with Crippen molar-refractivity contribution < 1.29 is 0 Å². The van der Waals surface area contributed by atoms with Crippen LogP contribution in [0.4, 0.5) is 0 Å². The van der Waals surface area contributed by atoms with Crippen LogP contribution in [-0.2, 0) is 0 Å². The molecule has 13 heavy (non-hydrogen) atoms. The summed E-state index contributed by atoms with van der Waals surface area (Å²) in [7, 11) is 0. The molecule has 1 aliphatic carbocycles. The van der Waals surface area contributed by atoms with Gasteiger partial charge >= 0.3 is 0 Å². The number of hydrogen-bond donors (Lipinski definition) is 1. The van der Waals surface area contributed by atoms with E-state index in [0.29, 0.717) is 6.04 Å². The molecule has 0 radical (unpaired) electrons. The summed E-state index contributed by atoms with van der Waals surface area (Å²) in [5.41, 5.74) is 6.24. The zero-order chi connectivity index (χ0) is 9.84. The molecular weight excluding hydrogens is 158 g/mol. The van der Waals surface area contributed by atoms with Gasteiger partial charge in [0.05, 0.1) is 0 Å². The molecule has 78 valence electrons. The summed E-state index contributed by atoms with van der Waals surface area (Å²) in [5, 5.41) is 0. The van der Waals surface area contributed by atoms with E-state index in [1.54, 1.807) is 0 Å². The quantitative estimate of drug-likeness (QED) is 0.714. The van der Waals surface area contributed by atoms with Crippen LogP contribution in [0, 0.1) is 17.8 Å². The van der Waals surface area contributed by atoms with Gasteiger partial charge in [-0.25, -0.2) is 0 Å². The SMILES string of the molecule is CC(C)CC(N)C1CCCCC1C. The van der Waals surface area contributed by atoms with Crippen molar-refractivity contribution in [2.75, 3.05) is 0 Å². The summed E-state index contributed by atoms with van der Waals surface area (Å²) in [6.45, 7) is 6.92. The third-order valence-corrected chi connectivity index (χ3v) is 3.47. The van der Waals surface area contributed by atoms with Crippen LogP contribution < -0.4 is 5.73 Å². The summed E-state index contributed by atoms with van der Waals surface area (Å²) in [6, 6.07) is 0.454. The molecule has 1 nitrogen and oxygen atoms in total. The molecule has 3 unspecified atom stereocenters. The Hall–Kier alpha value is -0.0400. The Morgan fingerprint density at radius 3 is 2.38 bits per heavy atom. The predicted octanol–water partition coefficient (Wildman–Crippen LogP) is 3.19. The lowest BCUT2D eigenvalue weighted by molar-refractivity contribution is 0.202. The lowest BCUT2D eigenvalue weighted by Crippen LogP contribution is -2.37. The van der Waals surface area contributed by atoms with E-state index < -0.39 is 0 Å². The van der Waals surface area contributed by atoms with Crippen molar-refractivity contribution in [3.8, 4) is 0 Å². The van der Waals surface area contributed by atoms with Gasteiger partial charge in [0.25, 0.3) is 0 Å². The van der Waals surface area contributed by atoms with Gasteiger partial charge in [0, 0.05) is 6.04 Å². The van der Waals surface area contributed by atoms with Crippen molar-refractivity contribution in [1.82, 2.24) is 0 Å². The highest BCUT2D eigenvalue weighted by molar-refractivity contribution is 4.81. The Balaban J connectivity index is 2.39. The van der Waals surface area contributed by atoms with Gasteiger partial charge < -0.3 is 5.73 Å². The standard InChI is InChI=1S/C12H25N/c1-9(2)8-12(13)11-7-5-4-6-10(11)3/h9-12H,4-8,13H2,1-3H3. The van der Waals surface area contributed by atoms with E-state index in [9.17, 15) is 0 Å². The highest BCUT2D eigenvalue weighted by Crippen LogP contribution is 2.32. The summed E-state index contributed by atoms with van der Waals surface area (Å²) >= 11 is 0. The predicted molar refractivity (Wildman–Crippen MR) is 58.6 cm³/mol. The maximum Gasteiger partial charge on any atom is 0.00721 e. The fraction of sp³-hybridized carbons (Fsp3) is 1.00. The first-order chi connectivity index (χ1) is 6.11. The average molecular weight is 183 g/mol. The van der Waals surface area contributed by atoms with Gasteiger partial charge in [-0.3, -0.25) is 0 Å². The second-order valence-corrected chi connectivity index (χ2v) is 5.22. The van der Waals surface area contributed by atoms with Crippen molar-refractivity contribution in [2.45, 2.75) is 58.9 Å². The first kappa shape index (κ1) is 11.0. The van der Waals surface area contributed by atoms with Crippen LogP contribution in [0.15, 0.2) is 0 Å². The molecule has 0 bridgehead atoms. The third-order valence-electron chi connectivity index (χ3n) is 3.47.